The van der Waals surface area contributed by atoms with Gasteiger partial charge in [0.25, 0.3) is 0 Å². The van der Waals surface area contributed by atoms with Crippen molar-refractivity contribution in [2.24, 2.45) is 7.05 Å². The molecule has 110 valence electrons. The molecule has 0 aliphatic heterocycles. The lowest BCUT2D eigenvalue weighted by molar-refractivity contribution is -0.136. The van der Waals surface area contributed by atoms with Gasteiger partial charge in [0.2, 0.25) is 0 Å². The third kappa shape index (κ3) is 5.13. The number of nitrogens with one attached hydrogen (secondary N) is 1. The molecule has 1 N–H and O–H groups in total. The number of methoxy groups -OCH3 is 1. The fourth-order valence-corrected chi connectivity index (χ4v) is 1.33. The fraction of sp³-hybridized carbons (Fsp3) is 0.462. The van der Waals surface area contributed by atoms with Crippen LogP contribution in [0.4, 0.5) is 4.79 Å². The minimum atomic E-state index is -0.731. The second-order valence-corrected chi connectivity index (χ2v) is 5.09. The summed E-state index contributed by atoms with van der Waals surface area (Å²) in [4.78, 5) is 23.3. The molecule has 0 aliphatic rings. The molecule has 1 aromatic heterocycles. The Labute approximate surface area is 117 Å². The van der Waals surface area contributed by atoms with Crippen LogP contribution in [0.15, 0.2) is 18.0 Å². The Hall–Kier alpha value is -2.31. The molecule has 1 aromatic rings. The summed E-state index contributed by atoms with van der Waals surface area (Å²) in [5, 5.41) is 6.45. The van der Waals surface area contributed by atoms with Crippen LogP contribution < -0.4 is 5.32 Å². The molecule has 7 nitrogen and oxygen atoms in total. The molecule has 0 spiro atoms. The molecule has 0 saturated carbocycles. The first kappa shape index (κ1) is 15.7. The Morgan fingerprint density at radius 3 is 2.50 bits per heavy atom. The van der Waals surface area contributed by atoms with Crippen LogP contribution in [0.1, 0.15) is 26.5 Å². The first-order valence-electron chi connectivity index (χ1n) is 6.01. The number of carbonyl (C=O) groups excluding carboxylic acids is 2. The average molecular weight is 281 g/mol. The van der Waals surface area contributed by atoms with Gasteiger partial charge in [-0.2, -0.15) is 5.10 Å². The van der Waals surface area contributed by atoms with Crippen LogP contribution in [0.25, 0.3) is 6.08 Å². The summed E-state index contributed by atoms with van der Waals surface area (Å²) in [5.74, 6) is -0.679. The van der Waals surface area contributed by atoms with Crippen LogP contribution >= 0.6 is 0 Å². The lowest BCUT2D eigenvalue weighted by Crippen LogP contribution is -2.34. The minimum absolute atomic E-state index is 0.0412. The average Bonchev–Trinajstić information content (AvgIpc) is 2.70. The molecule has 0 fully saturated rings. The highest BCUT2D eigenvalue weighted by Crippen LogP contribution is 2.09. The third-order valence-corrected chi connectivity index (χ3v) is 2.07. The molecule has 1 rings (SSSR count). The molecule has 1 heterocycles. The van der Waals surface area contributed by atoms with E-state index >= 15 is 0 Å². The van der Waals surface area contributed by atoms with E-state index in [2.05, 4.69) is 15.2 Å². The lowest BCUT2D eigenvalue weighted by atomic mass is 10.2. The van der Waals surface area contributed by atoms with E-state index in [0.717, 1.165) is 0 Å². The van der Waals surface area contributed by atoms with Crippen LogP contribution in [0.2, 0.25) is 0 Å². The molecular formula is C13H19N3O4. The molecule has 0 bridgehead atoms. The second kappa shape index (κ2) is 6.23. The van der Waals surface area contributed by atoms with E-state index in [-0.39, 0.29) is 5.70 Å². The van der Waals surface area contributed by atoms with E-state index in [1.807, 2.05) is 0 Å². The number of aromatic nitrogens is 2. The maximum absolute atomic E-state index is 11.7. The number of carbonyl (C=O) groups is 2. The normalized spacial score (nSPS) is 11.9. The molecule has 0 aliphatic carbocycles. The Balaban J connectivity index is 2.88. The number of hydrogen-bond donors (Lipinski definition) is 1. The van der Waals surface area contributed by atoms with Crippen LogP contribution in [-0.4, -0.2) is 34.6 Å². The van der Waals surface area contributed by atoms with Crippen molar-refractivity contribution in [2.45, 2.75) is 26.4 Å². The van der Waals surface area contributed by atoms with Gasteiger partial charge < -0.3 is 9.47 Å². The summed E-state index contributed by atoms with van der Waals surface area (Å²) in [6.07, 6.45) is 2.40. The molecule has 0 saturated heterocycles. The van der Waals surface area contributed by atoms with Gasteiger partial charge in [0.1, 0.15) is 11.3 Å². The number of hydrogen-bond acceptors (Lipinski definition) is 5. The Morgan fingerprint density at radius 2 is 2.05 bits per heavy atom. The fourth-order valence-electron chi connectivity index (χ4n) is 1.33. The Bertz CT molecular complexity index is 526. The first-order valence-corrected chi connectivity index (χ1v) is 6.01. The van der Waals surface area contributed by atoms with Crippen molar-refractivity contribution in [3.63, 3.8) is 0 Å². The number of rotatable bonds is 3. The van der Waals surface area contributed by atoms with Gasteiger partial charge in [-0.15, -0.1) is 0 Å². The summed E-state index contributed by atoms with van der Waals surface area (Å²) < 4.78 is 11.3. The minimum Gasteiger partial charge on any atom is -0.464 e. The van der Waals surface area contributed by atoms with Gasteiger partial charge in [0.05, 0.1) is 12.8 Å². The highest BCUT2D eigenvalue weighted by atomic mass is 16.6. The quantitative estimate of drug-likeness (QED) is 0.670. The van der Waals surface area contributed by atoms with Gasteiger partial charge in [-0.1, -0.05) is 0 Å². The van der Waals surface area contributed by atoms with Crippen molar-refractivity contribution in [1.29, 1.82) is 0 Å². The van der Waals surface area contributed by atoms with Gasteiger partial charge in [-0.05, 0) is 32.9 Å². The summed E-state index contributed by atoms with van der Waals surface area (Å²) in [6, 6.07) is 1.69. The van der Waals surface area contributed by atoms with E-state index in [0.29, 0.717) is 5.69 Å². The number of amides is 1. The molecule has 0 aromatic carbocycles. The van der Waals surface area contributed by atoms with E-state index in [4.69, 9.17) is 4.74 Å². The van der Waals surface area contributed by atoms with Crippen molar-refractivity contribution >= 4 is 18.1 Å². The molecule has 0 radical (unpaired) electrons. The molecule has 1 amide bonds. The third-order valence-electron chi connectivity index (χ3n) is 2.07. The van der Waals surface area contributed by atoms with Crippen molar-refractivity contribution < 1.29 is 19.1 Å². The van der Waals surface area contributed by atoms with Crippen LogP contribution in [0, 0.1) is 0 Å². The van der Waals surface area contributed by atoms with Crippen molar-refractivity contribution in [3.8, 4) is 0 Å². The SMILES string of the molecule is COC(=O)/C(=C/c1ccn(C)n1)NC(=O)OC(C)(C)C. The maximum Gasteiger partial charge on any atom is 0.412 e. The van der Waals surface area contributed by atoms with Gasteiger partial charge >= 0.3 is 12.1 Å². The highest BCUT2D eigenvalue weighted by molar-refractivity contribution is 5.96. The number of aryl methyl sites for hydroxylation is 1. The van der Waals surface area contributed by atoms with Crippen molar-refractivity contribution in [1.82, 2.24) is 15.1 Å². The summed E-state index contributed by atoms with van der Waals surface area (Å²) in [6.45, 7) is 5.19. The van der Waals surface area contributed by atoms with Gasteiger partial charge in [0, 0.05) is 13.2 Å². The largest absolute Gasteiger partial charge is 0.464 e. The monoisotopic (exact) mass is 281 g/mol. The number of nitrogens with zero attached hydrogens (tertiary/aromatic N) is 2. The van der Waals surface area contributed by atoms with E-state index in [9.17, 15) is 9.59 Å². The zero-order chi connectivity index (χ0) is 15.3. The van der Waals surface area contributed by atoms with Crippen molar-refractivity contribution in [2.75, 3.05) is 7.11 Å². The summed E-state index contributed by atoms with van der Waals surface area (Å²) >= 11 is 0. The topological polar surface area (TPSA) is 82.5 Å². The summed E-state index contributed by atoms with van der Waals surface area (Å²) in [7, 11) is 2.97. The predicted octanol–water partition coefficient (Wildman–Crippen LogP) is 1.46. The number of ether oxygens (including phenoxy) is 2. The lowest BCUT2D eigenvalue weighted by Gasteiger charge is -2.19. The highest BCUT2D eigenvalue weighted by Gasteiger charge is 2.20. The van der Waals surface area contributed by atoms with Crippen LogP contribution in [-0.2, 0) is 21.3 Å². The zero-order valence-electron chi connectivity index (χ0n) is 12.3. The Morgan fingerprint density at radius 1 is 1.40 bits per heavy atom. The standard InChI is InChI=1S/C13H19N3O4/c1-13(2,3)20-12(18)14-10(11(17)19-5)8-9-6-7-16(4)15-9/h6-8H,1-5H3,(H,14,18)/b10-8-. The molecular weight excluding hydrogens is 262 g/mol. The van der Waals surface area contributed by atoms with E-state index < -0.39 is 17.7 Å². The smallest absolute Gasteiger partial charge is 0.412 e. The van der Waals surface area contributed by atoms with Gasteiger partial charge in [-0.25, -0.2) is 9.59 Å². The summed E-state index contributed by atoms with van der Waals surface area (Å²) in [5.41, 5.74) is -0.180. The number of esters is 1. The molecule has 20 heavy (non-hydrogen) atoms. The van der Waals surface area contributed by atoms with Crippen LogP contribution in [0.5, 0.6) is 0 Å². The molecule has 7 heteroatoms. The molecule has 0 atom stereocenters. The van der Waals surface area contributed by atoms with Gasteiger partial charge in [0.15, 0.2) is 0 Å². The van der Waals surface area contributed by atoms with Crippen LogP contribution in [0.3, 0.4) is 0 Å². The van der Waals surface area contributed by atoms with Crippen molar-refractivity contribution in [3.05, 3.63) is 23.7 Å². The maximum atomic E-state index is 11.7. The first-order chi connectivity index (χ1) is 9.21. The molecule has 0 unspecified atom stereocenters. The van der Waals surface area contributed by atoms with E-state index in [1.165, 1.54) is 13.2 Å². The van der Waals surface area contributed by atoms with E-state index in [1.54, 1.807) is 44.8 Å². The van der Waals surface area contributed by atoms with Gasteiger partial charge in [-0.3, -0.25) is 10.00 Å². The number of alkyl carbamates (subject to hydrolysis) is 1. The predicted molar refractivity (Wildman–Crippen MR) is 72.6 cm³/mol. The Kier molecular flexibility index (Phi) is 4.90. The second-order valence-electron chi connectivity index (χ2n) is 5.09. The zero-order valence-corrected chi connectivity index (χ0v) is 12.3.